The number of carbonyl (C=O) groups is 1. The molecule has 1 aromatic heterocycles. The van der Waals surface area contributed by atoms with E-state index in [1.807, 2.05) is 46.8 Å². The molecule has 3 rings (SSSR count). The molecule has 0 radical (unpaired) electrons. The summed E-state index contributed by atoms with van der Waals surface area (Å²) in [5.41, 5.74) is 2.16. The molecular formula is C18H25N3OS2. The maximum absolute atomic E-state index is 11.9. The maximum atomic E-state index is 11.9. The number of hydrogen-bond acceptors (Lipinski definition) is 4. The predicted octanol–water partition coefficient (Wildman–Crippen LogP) is 3.95. The minimum Gasteiger partial charge on any atom is -0.356 e. The first kappa shape index (κ1) is 17.7. The van der Waals surface area contributed by atoms with Gasteiger partial charge < -0.3 is 9.88 Å². The normalized spacial score (nSPS) is 17.5. The van der Waals surface area contributed by atoms with E-state index in [-0.39, 0.29) is 5.91 Å². The summed E-state index contributed by atoms with van der Waals surface area (Å²) in [4.78, 5) is 16.6. The Labute approximate surface area is 151 Å². The molecule has 2 aromatic rings. The van der Waals surface area contributed by atoms with Gasteiger partial charge in [-0.25, -0.2) is 4.98 Å². The van der Waals surface area contributed by atoms with Crippen molar-refractivity contribution >= 4 is 38.5 Å². The van der Waals surface area contributed by atoms with Crippen LogP contribution in [0.1, 0.15) is 37.9 Å². The molecule has 0 spiro atoms. The topological polar surface area (TPSA) is 46.9 Å². The Morgan fingerprint density at radius 2 is 2.25 bits per heavy atom. The van der Waals surface area contributed by atoms with Crippen LogP contribution in [0.15, 0.2) is 24.3 Å². The SMILES string of the molecule is Cn1c(CCNC(=O)CCCC[C@@H]2CCSS2)nc2ccccc21. The Morgan fingerprint density at radius 1 is 1.38 bits per heavy atom. The van der Waals surface area contributed by atoms with Crippen LogP contribution in [-0.2, 0) is 18.3 Å². The number of fused-ring (bicyclic) bond motifs is 1. The van der Waals surface area contributed by atoms with Crippen LogP contribution in [0, 0.1) is 0 Å². The summed E-state index contributed by atoms with van der Waals surface area (Å²) in [6, 6.07) is 8.13. The van der Waals surface area contributed by atoms with Gasteiger partial charge >= 0.3 is 0 Å². The molecule has 24 heavy (non-hydrogen) atoms. The number of aromatic nitrogens is 2. The fraction of sp³-hybridized carbons (Fsp3) is 0.556. The third kappa shape index (κ3) is 4.70. The summed E-state index contributed by atoms with van der Waals surface area (Å²) in [6.07, 6.45) is 6.17. The molecule has 130 valence electrons. The molecule has 1 atom stereocenters. The Kier molecular flexibility index (Phi) is 6.49. The van der Waals surface area contributed by atoms with Gasteiger partial charge in [0.25, 0.3) is 0 Å². The molecule has 1 aromatic carbocycles. The fourth-order valence-electron chi connectivity index (χ4n) is 3.04. The summed E-state index contributed by atoms with van der Waals surface area (Å²) in [5, 5.41) is 3.84. The van der Waals surface area contributed by atoms with Gasteiger partial charge in [-0.05, 0) is 31.4 Å². The van der Waals surface area contributed by atoms with Crippen LogP contribution in [0.4, 0.5) is 0 Å². The number of benzene rings is 1. The summed E-state index contributed by atoms with van der Waals surface area (Å²) in [5.74, 6) is 2.48. The first-order valence-electron chi connectivity index (χ1n) is 8.69. The highest BCUT2D eigenvalue weighted by Crippen LogP contribution is 2.39. The average molecular weight is 364 g/mol. The third-order valence-electron chi connectivity index (χ3n) is 4.46. The molecule has 1 N–H and O–H groups in total. The maximum Gasteiger partial charge on any atom is 0.220 e. The van der Waals surface area contributed by atoms with Gasteiger partial charge in [-0.3, -0.25) is 4.79 Å². The number of rotatable bonds is 8. The lowest BCUT2D eigenvalue weighted by Gasteiger charge is -2.08. The number of nitrogens with one attached hydrogen (secondary N) is 1. The van der Waals surface area contributed by atoms with Crippen molar-refractivity contribution in [2.24, 2.45) is 7.05 Å². The van der Waals surface area contributed by atoms with Crippen molar-refractivity contribution in [2.75, 3.05) is 12.3 Å². The lowest BCUT2D eigenvalue weighted by Crippen LogP contribution is -2.26. The molecule has 2 heterocycles. The fourth-order valence-corrected chi connectivity index (χ4v) is 6.07. The standard InChI is InChI=1S/C18H25N3OS2/c1-21-16-8-4-3-7-15(16)20-17(21)10-12-19-18(22)9-5-2-6-14-11-13-23-24-14/h3-4,7-8,14H,2,5-6,9-13H2,1H3,(H,19,22)/t14-/m1/s1. The van der Waals surface area contributed by atoms with Crippen molar-refractivity contribution in [3.05, 3.63) is 30.1 Å². The highest BCUT2D eigenvalue weighted by atomic mass is 33.1. The van der Waals surface area contributed by atoms with E-state index in [2.05, 4.69) is 20.9 Å². The largest absolute Gasteiger partial charge is 0.356 e. The van der Waals surface area contributed by atoms with E-state index < -0.39 is 0 Å². The van der Waals surface area contributed by atoms with Crippen molar-refractivity contribution < 1.29 is 4.79 Å². The van der Waals surface area contributed by atoms with Crippen LogP contribution in [0.25, 0.3) is 11.0 Å². The number of imidazole rings is 1. The smallest absolute Gasteiger partial charge is 0.220 e. The van der Waals surface area contributed by atoms with Gasteiger partial charge in [-0.15, -0.1) is 0 Å². The summed E-state index contributed by atoms with van der Waals surface area (Å²) in [7, 11) is 6.04. The number of aryl methyl sites for hydroxylation is 1. The summed E-state index contributed by atoms with van der Waals surface area (Å²) in [6.45, 7) is 0.658. The molecule has 6 heteroatoms. The van der Waals surface area contributed by atoms with Gasteiger partial charge in [0.05, 0.1) is 11.0 Å². The number of unbranched alkanes of at least 4 members (excludes halogenated alkanes) is 1. The molecule has 1 saturated heterocycles. The highest BCUT2D eigenvalue weighted by Gasteiger charge is 2.15. The third-order valence-corrected chi connectivity index (χ3v) is 7.46. The molecule has 0 bridgehead atoms. The lowest BCUT2D eigenvalue weighted by molar-refractivity contribution is -0.121. The molecule has 1 aliphatic heterocycles. The Hall–Kier alpha value is -1.14. The van der Waals surface area contributed by atoms with Crippen LogP contribution in [0.5, 0.6) is 0 Å². The quantitative estimate of drug-likeness (QED) is 0.570. The van der Waals surface area contributed by atoms with Gasteiger partial charge in [-0.1, -0.05) is 40.1 Å². The predicted molar refractivity (Wildman–Crippen MR) is 104 cm³/mol. The van der Waals surface area contributed by atoms with Gasteiger partial charge in [0.1, 0.15) is 5.82 Å². The van der Waals surface area contributed by atoms with Gasteiger partial charge in [0.2, 0.25) is 5.91 Å². The monoisotopic (exact) mass is 363 g/mol. The first-order chi connectivity index (χ1) is 11.7. The zero-order valence-corrected chi connectivity index (χ0v) is 15.8. The molecule has 1 amide bonds. The van der Waals surface area contributed by atoms with E-state index in [0.29, 0.717) is 13.0 Å². The molecule has 0 saturated carbocycles. The molecule has 0 aliphatic carbocycles. The minimum absolute atomic E-state index is 0.169. The van der Waals surface area contributed by atoms with Crippen LogP contribution in [-0.4, -0.2) is 33.0 Å². The molecular weight excluding hydrogens is 338 g/mol. The second-order valence-electron chi connectivity index (χ2n) is 6.25. The van der Waals surface area contributed by atoms with Crippen LogP contribution in [0.3, 0.4) is 0 Å². The van der Waals surface area contributed by atoms with E-state index in [0.717, 1.165) is 41.4 Å². The number of hydrogen-bond donors (Lipinski definition) is 1. The van der Waals surface area contributed by atoms with E-state index in [1.54, 1.807) is 0 Å². The van der Waals surface area contributed by atoms with Crippen LogP contribution >= 0.6 is 21.6 Å². The summed E-state index contributed by atoms with van der Waals surface area (Å²) < 4.78 is 2.11. The Morgan fingerprint density at radius 3 is 3.04 bits per heavy atom. The van der Waals surface area contributed by atoms with Gasteiger partial charge in [0, 0.05) is 37.4 Å². The van der Waals surface area contributed by atoms with Crippen LogP contribution in [0.2, 0.25) is 0 Å². The Balaban J connectivity index is 1.34. The zero-order valence-electron chi connectivity index (χ0n) is 14.2. The van der Waals surface area contributed by atoms with Crippen LogP contribution < -0.4 is 5.32 Å². The van der Waals surface area contributed by atoms with E-state index in [4.69, 9.17) is 0 Å². The van der Waals surface area contributed by atoms with E-state index in [1.165, 1.54) is 18.6 Å². The number of para-hydroxylation sites is 2. The van der Waals surface area contributed by atoms with Crippen molar-refractivity contribution in [2.45, 2.75) is 43.8 Å². The number of carbonyl (C=O) groups excluding carboxylic acids is 1. The summed E-state index contributed by atoms with van der Waals surface area (Å²) >= 11 is 0. The average Bonchev–Trinajstić information content (AvgIpc) is 3.21. The second kappa shape index (κ2) is 8.81. The zero-order chi connectivity index (χ0) is 16.8. The second-order valence-corrected chi connectivity index (χ2v) is 9.04. The highest BCUT2D eigenvalue weighted by molar-refractivity contribution is 8.77. The van der Waals surface area contributed by atoms with Crippen molar-refractivity contribution in [1.29, 1.82) is 0 Å². The van der Waals surface area contributed by atoms with E-state index in [9.17, 15) is 4.79 Å². The molecule has 1 fully saturated rings. The first-order valence-corrected chi connectivity index (χ1v) is 11.1. The van der Waals surface area contributed by atoms with Gasteiger partial charge in [-0.2, -0.15) is 0 Å². The number of nitrogens with zero attached hydrogens (tertiary/aromatic N) is 2. The van der Waals surface area contributed by atoms with Crippen molar-refractivity contribution in [3.8, 4) is 0 Å². The molecule has 0 unspecified atom stereocenters. The molecule has 4 nitrogen and oxygen atoms in total. The number of amides is 1. The minimum atomic E-state index is 0.169. The van der Waals surface area contributed by atoms with Crippen molar-refractivity contribution in [3.63, 3.8) is 0 Å². The van der Waals surface area contributed by atoms with Crippen molar-refractivity contribution in [1.82, 2.24) is 14.9 Å². The molecule has 1 aliphatic rings. The van der Waals surface area contributed by atoms with Gasteiger partial charge in [0.15, 0.2) is 0 Å². The Bertz CT molecular complexity index is 680. The van der Waals surface area contributed by atoms with E-state index >= 15 is 0 Å². The lowest BCUT2D eigenvalue weighted by atomic mass is 10.1.